The first-order chi connectivity index (χ1) is 9.53. The Balaban J connectivity index is 2.94. The molecule has 0 aliphatic heterocycles. The fourth-order valence-corrected chi connectivity index (χ4v) is 2.90. The minimum atomic E-state index is 0.189. The SMILES string of the molecule is CCOC(C(C)C)C(Cc1cc(Br)ccc1OC)NC. The van der Waals surface area contributed by atoms with Gasteiger partial charge in [-0.05, 0) is 50.1 Å². The molecule has 0 aliphatic rings. The van der Waals surface area contributed by atoms with Crippen molar-refractivity contribution in [2.75, 3.05) is 20.8 Å². The molecule has 4 heteroatoms. The van der Waals surface area contributed by atoms with Crippen LogP contribution in [-0.2, 0) is 11.2 Å². The quantitative estimate of drug-likeness (QED) is 0.781. The fourth-order valence-electron chi connectivity index (χ4n) is 2.49. The zero-order valence-electron chi connectivity index (χ0n) is 13.1. The van der Waals surface area contributed by atoms with Gasteiger partial charge in [0.05, 0.1) is 13.2 Å². The molecule has 0 fully saturated rings. The first kappa shape index (κ1) is 17.5. The van der Waals surface area contributed by atoms with Gasteiger partial charge in [0.1, 0.15) is 5.75 Å². The van der Waals surface area contributed by atoms with E-state index < -0.39 is 0 Å². The Bertz CT molecular complexity index is 409. The number of rotatable bonds is 8. The molecular formula is C16H26BrNO2. The molecule has 3 nitrogen and oxygen atoms in total. The maximum absolute atomic E-state index is 5.92. The molecule has 0 spiro atoms. The van der Waals surface area contributed by atoms with E-state index in [0.29, 0.717) is 5.92 Å². The van der Waals surface area contributed by atoms with E-state index in [0.717, 1.165) is 23.2 Å². The maximum atomic E-state index is 5.92. The molecule has 0 bridgehead atoms. The molecule has 0 saturated carbocycles. The van der Waals surface area contributed by atoms with Crippen LogP contribution in [0.5, 0.6) is 5.75 Å². The van der Waals surface area contributed by atoms with Crippen molar-refractivity contribution in [3.05, 3.63) is 28.2 Å². The lowest BCUT2D eigenvalue weighted by Crippen LogP contribution is -2.44. The average molecular weight is 344 g/mol. The van der Waals surface area contributed by atoms with Gasteiger partial charge < -0.3 is 14.8 Å². The van der Waals surface area contributed by atoms with Crippen LogP contribution in [0, 0.1) is 5.92 Å². The molecular weight excluding hydrogens is 318 g/mol. The summed E-state index contributed by atoms with van der Waals surface area (Å²) in [4.78, 5) is 0. The number of hydrogen-bond acceptors (Lipinski definition) is 3. The third-order valence-electron chi connectivity index (χ3n) is 3.47. The molecule has 0 aliphatic carbocycles. The second-order valence-electron chi connectivity index (χ2n) is 5.22. The van der Waals surface area contributed by atoms with Crippen molar-refractivity contribution in [1.29, 1.82) is 0 Å². The molecule has 0 radical (unpaired) electrons. The van der Waals surface area contributed by atoms with Crippen molar-refractivity contribution in [3.8, 4) is 5.75 Å². The Morgan fingerprint density at radius 3 is 2.50 bits per heavy atom. The van der Waals surface area contributed by atoms with Crippen molar-refractivity contribution < 1.29 is 9.47 Å². The van der Waals surface area contributed by atoms with Gasteiger partial charge in [-0.3, -0.25) is 0 Å². The molecule has 2 atom stereocenters. The van der Waals surface area contributed by atoms with Crippen LogP contribution in [0.3, 0.4) is 0 Å². The van der Waals surface area contributed by atoms with E-state index in [1.165, 1.54) is 5.56 Å². The lowest BCUT2D eigenvalue weighted by Gasteiger charge is -2.30. The minimum absolute atomic E-state index is 0.189. The third kappa shape index (κ3) is 4.76. The molecule has 0 saturated heterocycles. The van der Waals surface area contributed by atoms with Crippen molar-refractivity contribution in [1.82, 2.24) is 5.32 Å². The van der Waals surface area contributed by atoms with E-state index in [-0.39, 0.29) is 12.1 Å². The van der Waals surface area contributed by atoms with E-state index in [2.05, 4.69) is 41.2 Å². The van der Waals surface area contributed by atoms with Gasteiger partial charge in [0.15, 0.2) is 0 Å². The Morgan fingerprint density at radius 1 is 1.30 bits per heavy atom. The Kier molecular flexibility index (Phi) is 7.56. The second kappa shape index (κ2) is 8.65. The number of halogens is 1. The van der Waals surface area contributed by atoms with E-state index in [4.69, 9.17) is 9.47 Å². The summed E-state index contributed by atoms with van der Waals surface area (Å²) in [5.74, 6) is 1.39. The van der Waals surface area contributed by atoms with E-state index >= 15 is 0 Å². The molecule has 1 rings (SSSR count). The molecule has 1 aromatic rings. The molecule has 1 N–H and O–H groups in total. The van der Waals surface area contributed by atoms with Crippen LogP contribution in [0.1, 0.15) is 26.3 Å². The van der Waals surface area contributed by atoms with Crippen LogP contribution >= 0.6 is 15.9 Å². The zero-order chi connectivity index (χ0) is 15.1. The van der Waals surface area contributed by atoms with Gasteiger partial charge in [-0.25, -0.2) is 0 Å². The van der Waals surface area contributed by atoms with E-state index in [1.54, 1.807) is 7.11 Å². The normalized spacial score (nSPS) is 14.3. The van der Waals surface area contributed by atoms with Crippen molar-refractivity contribution >= 4 is 15.9 Å². The standard InChI is InChI=1S/C16H26BrNO2/c1-6-20-16(11(2)3)14(18-4)10-12-9-13(17)7-8-15(12)19-5/h7-9,11,14,16,18H,6,10H2,1-5H3. The van der Waals surface area contributed by atoms with Crippen LogP contribution in [0.15, 0.2) is 22.7 Å². The summed E-state index contributed by atoms with van der Waals surface area (Å²) < 4.78 is 12.4. The van der Waals surface area contributed by atoms with Gasteiger partial charge in [-0.1, -0.05) is 29.8 Å². The molecule has 0 aromatic heterocycles. The molecule has 0 amide bonds. The number of hydrogen-bond donors (Lipinski definition) is 1. The maximum Gasteiger partial charge on any atom is 0.122 e. The molecule has 1 aromatic carbocycles. The first-order valence-electron chi connectivity index (χ1n) is 7.14. The predicted molar refractivity (Wildman–Crippen MR) is 87.5 cm³/mol. The number of nitrogens with one attached hydrogen (secondary N) is 1. The summed E-state index contributed by atoms with van der Waals surface area (Å²) in [6.45, 7) is 7.17. The highest BCUT2D eigenvalue weighted by atomic mass is 79.9. The largest absolute Gasteiger partial charge is 0.496 e. The molecule has 114 valence electrons. The second-order valence-corrected chi connectivity index (χ2v) is 6.14. The van der Waals surface area contributed by atoms with Crippen molar-refractivity contribution in [2.45, 2.75) is 39.3 Å². The van der Waals surface area contributed by atoms with Crippen LogP contribution in [0.4, 0.5) is 0 Å². The number of methoxy groups -OCH3 is 1. The molecule has 2 unspecified atom stereocenters. The van der Waals surface area contributed by atoms with Crippen LogP contribution < -0.4 is 10.1 Å². The lowest BCUT2D eigenvalue weighted by molar-refractivity contribution is 0.00525. The van der Waals surface area contributed by atoms with Gasteiger partial charge in [0, 0.05) is 17.1 Å². The Labute approximate surface area is 131 Å². The van der Waals surface area contributed by atoms with E-state index in [9.17, 15) is 0 Å². The fraction of sp³-hybridized carbons (Fsp3) is 0.625. The van der Waals surface area contributed by atoms with Crippen LogP contribution in [0.2, 0.25) is 0 Å². The summed E-state index contributed by atoms with van der Waals surface area (Å²) >= 11 is 3.53. The summed E-state index contributed by atoms with van der Waals surface area (Å²) in [7, 11) is 3.70. The number of likely N-dealkylation sites (N-methyl/N-ethyl adjacent to an activating group) is 1. The highest BCUT2D eigenvalue weighted by Crippen LogP contribution is 2.26. The Morgan fingerprint density at radius 2 is 2.00 bits per heavy atom. The van der Waals surface area contributed by atoms with Gasteiger partial charge in [-0.2, -0.15) is 0 Å². The summed E-state index contributed by atoms with van der Waals surface area (Å²) in [6.07, 6.45) is 1.07. The average Bonchev–Trinajstić information content (AvgIpc) is 2.42. The topological polar surface area (TPSA) is 30.5 Å². The van der Waals surface area contributed by atoms with Crippen LogP contribution in [-0.4, -0.2) is 32.9 Å². The van der Waals surface area contributed by atoms with Crippen molar-refractivity contribution in [3.63, 3.8) is 0 Å². The van der Waals surface area contributed by atoms with Crippen LogP contribution in [0.25, 0.3) is 0 Å². The minimum Gasteiger partial charge on any atom is -0.496 e. The number of ether oxygens (including phenoxy) is 2. The molecule has 0 heterocycles. The highest BCUT2D eigenvalue weighted by molar-refractivity contribution is 9.10. The number of benzene rings is 1. The van der Waals surface area contributed by atoms with E-state index in [1.807, 2.05) is 26.1 Å². The predicted octanol–water partition coefficient (Wildman–Crippen LogP) is 3.65. The van der Waals surface area contributed by atoms with Gasteiger partial charge in [0.25, 0.3) is 0 Å². The van der Waals surface area contributed by atoms with Gasteiger partial charge >= 0.3 is 0 Å². The summed E-state index contributed by atoms with van der Waals surface area (Å²) in [5.41, 5.74) is 1.19. The molecule has 20 heavy (non-hydrogen) atoms. The monoisotopic (exact) mass is 343 g/mol. The third-order valence-corrected chi connectivity index (χ3v) is 3.96. The zero-order valence-corrected chi connectivity index (χ0v) is 14.7. The van der Waals surface area contributed by atoms with Crippen molar-refractivity contribution in [2.24, 2.45) is 5.92 Å². The van der Waals surface area contributed by atoms with Gasteiger partial charge in [-0.15, -0.1) is 0 Å². The lowest BCUT2D eigenvalue weighted by atomic mass is 9.93. The summed E-state index contributed by atoms with van der Waals surface area (Å²) in [5, 5.41) is 3.39. The van der Waals surface area contributed by atoms with Gasteiger partial charge in [0.2, 0.25) is 0 Å². The smallest absolute Gasteiger partial charge is 0.122 e. The first-order valence-corrected chi connectivity index (χ1v) is 7.94. The summed E-state index contributed by atoms with van der Waals surface area (Å²) in [6, 6.07) is 6.38. The highest BCUT2D eigenvalue weighted by Gasteiger charge is 2.25. The Hall–Kier alpha value is -0.580.